The minimum absolute atomic E-state index is 0.00673. The summed E-state index contributed by atoms with van der Waals surface area (Å²) in [6.45, 7) is 0.730. The van der Waals surface area contributed by atoms with Crippen LogP contribution in [-0.4, -0.2) is 36.6 Å². The van der Waals surface area contributed by atoms with Crippen molar-refractivity contribution in [1.29, 1.82) is 0 Å². The van der Waals surface area contributed by atoms with Crippen molar-refractivity contribution in [2.75, 3.05) is 19.7 Å². The summed E-state index contributed by atoms with van der Waals surface area (Å²) in [5, 5.41) is 0. The van der Waals surface area contributed by atoms with Gasteiger partial charge in [0.15, 0.2) is 0 Å². The topological polar surface area (TPSA) is 72.6 Å². The van der Waals surface area contributed by atoms with E-state index in [1.165, 1.54) is 11.0 Å². The molecule has 1 aliphatic heterocycles. The predicted molar refractivity (Wildman–Crippen MR) is 80.0 cm³/mol. The van der Waals surface area contributed by atoms with Gasteiger partial charge < -0.3 is 15.4 Å². The summed E-state index contributed by atoms with van der Waals surface area (Å²) >= 11 is 0. The zero-order chi connectivity index (χ0) is 17.7. The maximum Gasteiger partial charge on any atom is 0.416 e. The number of carbonyl (C=O) groups excluding carboxylic acids is 2. The third-order valence-electron chi connectivity index (χ3n) is 3.96. The van der Waals surface area contributed by atoms with Crippen molar-refractivity contribution in [2.45, 2.75) is 25.4 Å². The number of carbonyl (C=O) groups is 2. The number of nitrogens with zero attached hydrogens (tertiary/aromatic N) is 1. The number of ether oxygens (including phenoxy) is 1. The van der Waals surface area contributed by atoms with Crippen molar-refractivity contribution in [3.63, 3.8) is 0 Å². The smallest absolute Gasteiger partial charge is 0.416 e. The highest BCUT2D eigenvalue weighted by molar-refractivity contribution is 5.76. The first-order chi connectivity index (χ1) is 11.3. The molecule has 8 heteroatoms. The molecule has 0 spiro atoms. The first kappa shape index (κ1) is 18.1. The van der Waals surface area contributed by atoms with E-state index in [9.17, 15) is 22.8 Å². The lowest BCUT2D eigenvalue weighted by Gasteiger charge is -2.30. The Balaban J connectivity index is 1.83. The lowest BCUT2D eigenvalue weighted by Crippen LogP contribution is -2.45. The molecule has 5 nitrogen and oxygen atoms in total. The number of amides is 2. The molecule has 1 unspecified atom stereocenters. The average Bonchev–Trinajstić information content (AvgIpc) is 2.54. The van der Waals surface area contributed by atoms with Crippen molar-refractivity contribution in [1.82, 2.24) is 4.90 Å². The number of hydrogen-bond donors (Lipinski definition) is 1. The summed E-state index contributed by atoms with van der Waals surface area (Å²) in [5.41, 5.74) is 4.92. The number of nitrogens with two attached hydrogens (primary N) is 1. The van der Waals surface area contributed by atoms with E-state index in [1.54, 1.807) is 6.07 Å². The number of hydrogen-bond acceptors (Lipinski definition) is 3. The van der Waals surface area contributed by atoms with Gasteiger partial charge in [-0.2, -0.15) is 13.2 Å². The third-order valence-corrected chi connectivity index (χ3v) is 3.96. The molecule has 1 aromatic rings. The van der Waals surface area contributed by atoms with Gasteiger partial charge >= 0.3 is 18.2 Å². The number of rotatable bonds is 4. The van der Waals surface area contributed by atoms with Gasteiger partial charge in [0, 0.05) is 19.5 Å². The second-order valence-electron chi connectivity index (χ2n) is 5.74. The van der Waals surface area contributed by atoms with Crippen LogP contribution in [0.25, 0.3) is 0 Å². The summed E-state index contributed by atoms with van der Waals surface area (Å²) in [7, 11) is 0. The normalized spacial score (nSPS) is 18.3. The molecule has 0 radical (unpaired) electrons. The quantitative estimate of drug-likeness (QED) is 0.853. The summed E-state index contributed by atoms with van der Waals surface area (Å²) in [4.78, 5) is 24.5. The van der Waals surface area contributed by atoms with Crippen LogP contribution in [0.4, 0.5) is 18.0 Å². The highest BCUT2D eigenvalue weighted by atomic mass is 19.4. The second-order valence-corrected chi connectivity index (χ2v) is 5.74. The molecule has 0 saturated carbocycles. The lowest BCUT2D eigenvalue weighted by molar-refractivity contribution is -0.150. The lowest BCUT2D eigenvalue weighted by atomic mass is 9.98. The summed E-state index contributed by atoms with van der Waals surface area (Å²) < 4.78 is 43.0. The standard InChI is InChI=1S/C16H19F3N2O3/c17-16(18,19)13-5-1-3-11(9-13)6-8-24-14(22)12-4-2-7-21(10-12)15(20)23/h1,3,5,9,12H,2,4,6-8,10H2,(H2,20,23). The highest BCUT2D eigenvalue weighted by Gasteiger charge is 2.30. The maximum absolute atomic E-state index is 12.6. The highest BCUT2D eigenvalue weighted by Crippen LogP contribution is 2.29. The molecule has 2 N–H and O–H groups in total. The fourth-order valence-corrected chi connectivity index (χ4v) is 2.66. The van der Waals surface area contributed by atoms with Gasteiger partial charge in [0.05, 0.1) is 18.1 Å². The van der Waals surface area contributed by atoms with Gasteiger partial charge in [-0.05, 0) is 24.5 Å². The summed E-state index contributed by atoms with van der Waals surface area (Å²) in [6, 6.07) is 4.35. The van der Waals surface area contributed by atoms with E-state index in [0.29, 0.717) is 24.9 Å². The molecule has 24 heavy (non-hydrogen) atoms. The van der Waals surface area contributed by atoms with E-state index >= 15 is 0 Å². The van der Waals surface area contributed by atoms with Crippen LogP contribution in [0.3, 0.4) is 0 Å². The van der Waals surface area contributed by atoms with Gasteiger partial charge in [-0.1, -0.05) is 18.2 Å². The van der Waals surface area contributed by atoms with E-state index in [0.717, 1.165) is 12.1 Å². The molecule has 1 fully saturated rings. The van der Waals surface area contributed by atoms with Crippen molar-refractivity contribution >= 4 is 12.0 Å². The fraction of sp³-hybridized carbons (Fsp3) is 0.500. The minimum atomic E-state index is -4.40. The molecular formula is C16H19F3N2O3. The van der Waals surface area contributed by atoms with Gasteiger partial charge in [0.25, 0.3) is 0 Å². The van der Waals surface area contributed by atoms with Crippen LogP contribution in [0.15, 0.2) is 24.3 Å². The molecule has 0 aromatic heterocycles. The number of halogens is 3. The molecule has 1 aliphatic rings. The fourth-order valence-electron chi connectivity index (χ4n) is 2.66. The first-order valence-electron chi connectivity index (χ1n) is 7.64. The summed E-state index contributed by atoms with van der Waals surface area (Å²) in [6.07, 6.45) is -2.93. The van der Waals surface area contributed by atoms with Crippen LogP contribution in [0.5, 0.6) is 0 Å². The van der Waals surface area contributed by atoms with Gasteiger partial charge in [0.2, 0.25) is 0 Å². The van der Waals surface area contributed by atoms with Crippen LogP contribution in [0.1, 0.15) is 24.0 Å². The molecule has 1 atom stereocenters. The Morgan fingerprint density at radius 3 is 2.75 bits per heavy atom. The van der Waals surface area contributed by atoms with E-state index in [4.69, 9.17) is 10.5 Å². The molecule has 2 rings (SSSR count). The van der Waals surface area contributed by atoms with Gasteiger partial charge in [-0.3, -0.25) is 4.79 Å². The third kappa shape index (κ3) is 4.87. The minimum Gasteiger partial charge on any atom is -0.465 e. The van der Waals surface area contributed by atoms with Crippen LogP contribution in [0, 0.1) is 5.92 Å². The predicted octanol–water partition coefficient (Wildman–Crippen LogP) is 2.58. The maximum atomic E-state index is 12.6. The number of primary amides is 1. The van der Waals surface area contributed by atoms with Crippen LogP contribution >= 0.6 is 0 Å². The molecule has 1 aromatic carbocycles. The Hall–Kier alpha value is -2.25. The number of likely N-dealkylation sites (tertiary alicyclic amines) is 1. The van der Waals surface area contributed by atoms with E-state index in [2.05, 4.69) is 0 Å². The van der Waals surface area contributed by atoms with E-state index in [-0.39, 0.29) is 19.6 Å². The summed E-state index contributed by atoms with van der Waals surface area (Å²) in [5.74, 6) is -0.888. The largest absolute Gasteiger partial charge is 0.465 e. The van der Waals surface area contributed by atoms with Crippen molar-refractivity contribution in [3.05, 3.63) is 35.4 Å². The molecule has 1 saturated heterocycles. The molecule has 0 bridgehead atoms. The average molecular weight is 344 g/mol. The first-order valence-corrected chi connectivity index (χ1v) is 7.64. The Labute approximate surface area is 137 Å². The SMILES string of the molecule is NC(=O)N1CCCC(C(=O)OCCc2cccc(C(F)(F)F)c2)C1. The number of esters is 1. The van der Waals surface area contributed by atoms with Crippen molar-refractivity contribution in [3.8, 4) is 0 Å². The van der Waals surface area contributed by atoms with Crippen LogP contribution < -0.4 is 5.73 Å². The van der Waals surface area contributed by atoms with Gasteiger partial charge in [-0.15, -0.1) is 0 Å². The molecule has 132 valence electrons. The number of urea groups is 1. The number of benzene rings is 1. The van der Waals surface area contributed by atoms with Gasteiger partial charge in [0.1, 0.15) is 0 Å². The van der Waals surface area contributed by atoms with Crippen molar-refractivity contribution < 1.29 is 27.5 Å². The number of piperidine rings is 1. The molecular weight excluding hydrogens is 325 g/mol. The van der Waals surface area contributed by atoms with E-state index < -0.39 is 29.7 Å². The Morgan fingerprint density at radius 1 is 1.33 bits per heavy atom. The molecule has 0 aliphatic carbocycles. The van der Waals surface area contributed by atoms with Gasteiger partial charge in [-0.25, -0.2) is 4.79 Å². The number of alkyl halides is 3. The Bertz CT molecular complexity index is 604. The van der Waals surface area contributed by atoms with Crippen LogP contribution in [0.2, 0.25) is 0 Å². The molecule has 2 amide bonds. The zero-order valence-corrected chi connectivity index (χ0v) is 13.0. The Morgan fingerprint density at radius 2 is 2.08 bits per heavy atom. The monoisotopic (exact) mass is 344 g/mol. The molecule has 1 heterocycles. The van der Waals surface area contributed by atoms with E-state index in [1.807, 2.05) is 0 Å². The Kier molecular flexibility index (Phi) is 5.69. The van der Waals surface area contributed by atoms with Crippen LogP contribution in [-0.2, 0) is 22.1 Å². The van der Waals surface area contributed by atoms with Crippen molar-refractivity contribution in [2.24, 2.45) is 11.7 Å². The zero-order valence-electron chi connectivity index (χ0n) is 13.0. The second kappa shape index (κ2) is 7.55.